The smallest absolute Gasteiger partial charge is 0.309 e. The normalized spacial score (nSPS) is 12.9. The van der Waals surface area contributed by atoms with Crippen LogP contribution in [0.1, 0.15) is 6.92 Å². The van der Waals surface area contributed by atoms with E-state index in [2.05, 4.69) is 5.32 Å². The van der Waals surface area contributed by atoms with Gasteiger partial charge < -0.3 is 5.32 Å². The largest absolute Gasteiger partial charge is 0.343 e. The molecule has 1 radical (unpaired) electrons. The number of hydrogen-bond acceptors (Lipinski definition) is 1. The third-order valence-corrected chi connectivity index (χ3v) is 0.537. The van der Waals surface area contributed by atoms with Gasteiger partial charge in [-0.2, -0.15) is 0 Å². The highest BCUT2D eigenvalue weighted by Crippen LogP contribution is 1.76. The molecular formula is C4H7FNO. The Labute approximate surface area is 41.7 Å². The van der Waals surface area contributed by atoms with Gasteiger partial charge in [-0.1, -0.05) is 0 Å². The molecule has 0 rings (SSSR count). The minimum atomic E-state index is -0.533. The third kappa shape index (κ3) is 3.22. The minimum absolute atomic E-state index is 0.391. The monoisotopic (exact) mass is 104 g/mol. The second-order valence-electron chi connectivity index (χ2n) is 1.30. The summed E-state index contributed by atoms with van der Waals surface area (Å²) in [7, 11) is 0. The fourth-order valence-electron chi connectivity index (χ4n) is 0.139. The van der Waals surface area contributed by atoms with E-state index in [0.717, 1.165) is 0 Å². The van der Waals surface area contributed by atoms with Crippen LogP contribution in [0.15, 0.2) is 0 Å². The maximum atomic E-state index is 11.3. The van der Waals surface area contributed by atoms with Crippen LogP contribution in [0.3, 0.4) is 0 Å². The fourth-order valence-corrected chi connectivity index (χ4v) is 0.139. The Bertz CT molecular complexity index is 57.7. The van der Waals surface area contributed by atoms with Gasteiger partial charge in [-0.25, -0.2) is 4.39 Å². The van der Waals surface area contributed by atoms with Crippen LogP contribution in [-0.2, 0) is 4.79 Å². The molecule has 7 heavy (non-hydrogen) atoms. The van der Waals surface area contributed by atoms with Gasteiger partial charge >= 0.3 is 6.41 Å². The summed E-state index contributed by atoms with van der Waals surface area (Å²) in [6.45, 7) is 1.03. The van der Waals surface area contributed by atoms with Crippen molar-refractivity contribution >= 4 is 6.41 Å². The standard InChI is InChI=1S/C4H7FNO/c1-4(2-5)6-3-7/h4H,2H2,1H3,(H,6,7). The summed E-state index contributed by atoms with van der Waals surface area (Å²) in [6.07, 6.45) is 1.38. The van der Waals surface area contributed by atoms with Crippen molar-refractivity contribution in [1.82, 2.24) is 5.32 Å². The van der Waals surface area contributed by atoms with Gasteiger partial charge in [0.15, 0.2) is 0 Å². The SMILES string of the molecule is CC(CF)N[C]=O. The number of hydrogen-bond donors (Lipinski definition) is 1. The molecular weight excluding hydrogens is 97.0 g/mol. The zero-order valence-electron chi connectivity index (χ0n) is 4.07. The number of rotatable bonds is 3. The van der Waals surface area contributed by atoms with E-state index < -0.39 is 12.7 Å². The first-order chi connectivity index (χ1) is 3.31. The van der Waals surface area contributed by atoms with E-state index in [1.54, 1.807) is 6.92 Å². The quantitative estimate of drug-likeness (QED) is 0.502. The van der Waals surface area contributed by atoms with E-state index in [9.17, 15) is 9.18 Å². The van der Waals surface area contributed by atoms with Crippen LogP contribution >= 0.6 is 0 Å². The van der Waals surface area contributed by atoms with Gasteiger partial charge in [-0.05, 0) is 6.92 Å². The molecule has 0 aliphatic rings. The molecule has 0 saturated carbocycles. The van der Waals surface area contributed by atoms with E-state index in [1.807, 2.05) is 0 Å². The van der Waals surface area contributed by atoms with E-state index in [-0.39, 0.29) is 0 Å². The maximum absolute atomic E-state index is 11.3. The molecule has 0 aliphatic heterocycles. The maximum Gasteiger partial charge on any atom is 0.309 e. The van der Waals surface area contributed by atoms with Crippen LogP contribution in [0, 0.1) is 0 Å². The number of amides is 1. The fraction of sp³-hybridized carbons (Fsp3) is 0.750. The van der Waals surface area contributed by atoms with Crippen LogP contribution in [0.2, 0.25) is 0 Å². The Hall–Kier alpha value is -0.600. The van der Waals surface area contributed by atoms with E-state index >= 15 is 0 Å². The summed E-state index contributed by atoms with van der Waals surface area (Å²) >= 11 is 0. The molecule has 3 heteroatoms. The molecule has 0 fully saturated rings. The van der Waals surface area contributed by atoms with Crippen molar-refractivity contribution in [2.24, 2.45) is 0 Å². The van der Waals surface area contributed by atoms with Gasteiger partial charge in [0.05, 0.1) is 6.04 Å². The second kappa shape index (κ2) is 3.59. The Morgan fingerprint density at radius 1 is 2.00 bits per heavy atom. The van der Waals surface area contributed by atoms with Crippen molar-refractivity contribution in [3.05, 3.63) is 0 Å². The van der Waals surface area contributed by atoms with Crippen molar-refractivity contribution in [3.8, 4) is 0 Å². The first kappa shape index (κ1) is 6.40. The molecule has 0 saturated heterocycles. The number of carbonyl (C=O) groups excluding carboxylic acids is 1. The summed E-state index contributed by atoms with van der Waals surface area (Å²) in [5.74, 6) is 0. The lowest BCUT2D eigenvalue weighted by atomic mass is 10.4. The number of halogens is 1. The van der Waals surface area contributed by atoms with Crippen molar-refractivity contribution in [3.63, 3.8) is 0 Å². The minimum Gasteiger partial charge on any atom is -0.343 e. The Balaban J connectivity index is 2.98. The average molecular weight is 104 g/mol. The molecule has 0 heterocycles. The zero-order valence-corrected chi connectivity index (χ0v) is 4.07. The third-order valence-electron chi connectivity index (χ3n) is 0.537. The van der Waals surface area contributed by atoms with Gasteiger partial charge in [-0.3, -0.25) is 4.79 Å². The highest BCUT2D eigenvalue weighted by molar-refractivity contribution is 5.47. The molecule has 1 atom stereocenters. The molecule has 0 aromatic carbocycles. The predicted octanol–water partition coefficient (Wildman–Crippen LogP) is 0.00120. The van der Waals surface area contributed by atoms with Crippen molar-refractivity contribution < 1.29 is 9.18 Å². The molecule has 0 aromatic rings. The topological polar surface area (TPSA) is 29.1 Å². The Morgan fingerprint density at radius 2 is 2.57 bits per heavy atom. The van der Waals surface area contributed by atoms with E-state index in [1.165, 1.54) is 6.41 Å². The summed E-state index contributed by atoms with van der Waals surface area (Å²) in [4.78, 5) is 9.37. The highest BCUT2D eigenvalue weighted by atomic mass is 19.1. The Kier molecular flexibility index (Phi) is 3.28. The lowest BCUT2D eigenvalue weighted by Crippen LogP contribution is -2.25. The van der Waals surface area contributed by atoms with Crippen LogP contribution in [0.25, 0.3) is 0 Å². The van der Waals surface area contributed by atoms with Crippen molar-refractivity contribution in [2.75, 3.05) is 6.67 Å². The lowest BCUT2D eigenvalue weighted by Gasteiger charge is -1.99. The molecule has 1 amide bonds. The first-order valence-corrected chi connectivity index (χ1v) is 2.00. The van der Waals surface area contributed by atoms with Crippen molar-refractivity contribution in [2.45, 2.75) is 13.0 Å². The van der Waals surface area contributed by atoms with Gasteiger partial charge in [0.25, 0.3) is 0 Å². The van der Waals surface area contributed by atoms with Crippen LogP contribution < -0.4 is 5.32 Å². The van der Waals surface area contributed by atoms with Gasteiger partial charge in [0.2, 0.25) is 0 Å². The van der Waals surface area contributed by atoms with E-state index in [0.29, 0.717) is 0 Å². The molecule has 0 aromatic heterocycles. The second-order valence-corrected chi connectivity index (χ2v) is 1.30. The predicted molar refractivity (Wildman–Crippen MR) is 24.3 cm³/mol. The van der Waals surface area contributed by atoms with Gasteiger partial charge in [-0.15, -0.1) is 0 Å². The summed E-state index contributed by atoms with van der Waals surface area (Å²) < 4.78 is 11.3. The average Bonchev–Trinajstić information content (AvgIpc) is 1.68. The van der Waals surface area contributed by atoms with Gasteiger partial charge in [0.1, 0.15) is 6.67 Å². The molecule has 1 N–H and O–H groups in total. The first-order valence-electron chi connectivity index (χ1n) is 2.00. The van der Waals surface area contributed by atoms with E-state index in [4.69, 9.17) is 0 Å². The highest BCUT2D eigenvalue weighted by Gasteiger charge is 1.94. The lowest BCUT2D eigenvalue weighted by molar-refractivity contribution is 0.416. The van der Waals surface area contributed by atoms with Crippen molar-refractivity contribution in [1.29, 1.82) is 0 Å². The molecule has 2 nitrogen and oxygen atoms in total. The molecule has 0 bridgehead atoms. The van der Waals surface area contributed by atoms with Gasteiger partial charge in [0, 0.05) is 0 Å². The summed E-state index contributed by atoms with van der Waals surface area (Å²) in [5.41, 5.74) is 0. The zero-order chi connectivity index (χ0) is 5.70. The summed E-state index contributed by atoms with van der Waals surface area (Å²) in [5, 5.41) is 2.11. The number of nitrogens with one attached hydrogen (secondary N) is 1. The Morgan fingerprint density at radius 3 is 2.71 bits per heavy atom. The molecule has 1 unspecified atom stereocenters. The van der Waals surface area contributed by atoms with Crippen LogP contribution in [-0.4, -0.2) is 19.1 Å². The molecule has 0 spiro atoms. The molecule has 41 valence electrons. The summed E-state index contributed by atoms with van der Waals surface area (Å²) in [6, 6.07) is -0.391. The molecule has 0 aliphatic carbocycles. The number of alkyl halides is 1. The van der Waals surface area contributed by atoms with Crippen LogP contribution in [0.4, 0.5) is 4.39 Å². The van der Waals surface area contributed by atoms with Crippen LogP contribution in [0.5, 0.6) is 0 Å².